The number of aromatic nitrogens is 2. The third-order valence-electron chi connectivity index (χ3n) is 3.56. The first-order valence-electron chi connectivity index (χ1n) is 6.75. The van der Waals surface area contributed by atoms with Gasteiger partial charge in [-0.1, -0.05) is 42.0 Å². The molecule has 3 aromatic rings. The fraction of sp³-hybridized carbons (Fsp3) is 0.176. The number of rotatable bonds is 3. The first-order valence-corrected chi connectivity index (χ1v) is 6.75. The maximum atomic E-state index is 5.93. The second kappa shape index (κ2) is 5.39. The average Bonchev–Trinajstić information content (AvgIpc) is 2.49. The maximum Gasteiger partial charge on any atom is 0.136 e. The number of nitrogens with zero attached hydrogens (tertiary/aromatic N) is 2. The van der Waals surface area contributed by atoms with Crippen LogP contribution in [-0.2, 0) is 0 Å². The largest absolute Gasteiger partial charge is 0.329 e. The van der Waals surface area contributed by atoms with Gasteiger partial charge in [0.1, 0.15) is 5.82 Å². The lowest BCUT2D eigenvalue weighted by molar-refractivity contribution is 0.750. The standard InChI is InChI=1S/C17H17N3/c1-12-3-4-14-10-15(6-5-13(14)9-12)16(11-18)17-19-7-2-8-20-17/h2-10,16H,11,18H2,1H3. The van der Waals surface area contributed by atoms with Crippen LogP contribution in [0.4, 0.5) is 0 Å². The molecule has 2 aromatic carbocycles. The molecule has 1 heterocycles. The smallest absolute Gasteiger partial charge is 0.136 e. The molecule has 3 heteroatoms. The highest BCUT2D eigenvalue weighted by molar-refractivity contribution is 5.84. The average molecular weight is 263 g/mol. The summed E-state index contributed by atoms with van der Waals surface area (Å²) in [5.41, 5.74) is 8.36. The van der Waals surface area contributed by atoms with Crippen molar-refractivity contribution >= 4 is 10.8 Å². The summed E-state index contributed by atoms with van der Waals surface area (Å²) in [6, 6.07) is 14.7. The molecule has 20 heavy (non-hydrogen) atoms. The van der Waals surface area contributed by atoms with Gasteiger partial charge in [-0.15, -0.1) is 0 Å². The predicted octanol–water partition coefficient (Wildman–Crippen LogP) is 3.03. The summed E-state index contributed by atoms with van der Waals surface area (Å²) in [7, 11) is 0. The van der Waals surface area contributed by atoms with Gasteiger partial charge in [0.25, 0.3) is 0 Å². The molecule has 3 nitrogen and oxygen atoms in total. The Hall–Kier alpha value is -2.26. The van der Waals surface area contributed by atoms with Gasteiger partial charge in [-0.05, 0) is 29.3 Å². The van der Waals surface area contributed by atoms with E-state index in [1.807, 2.05) is 6.07 Å². The molecule has 1 unspecified atom stereocenters. The minimum absolute atomic E-state index is 0.0434. The zero-order valence-corrected chi connectivity index (χ0v) is 11.5. The molecule has 1 aromatic heterocycles. The quantitative estimate of drug-likeness (QED) is 0.790. The fourth-order valence-corrected chi connectivity index (χ4v) is 2.48. The van der Waals surface area contributed by atoms with Crippen molar-refractivity contribution in [2.75, 3.05) is 6.54 Å². The van der Waals surface area contributed by atoms with Crippen molar-refractivity contribution in [3.63, 3.8) is 0 Å². The molecular formula is C17H17N3. The van der Waals surface area contributed by atoms with Crippen molar-refractivity contribution in [3.05, 3.63) is 71.8 Å². The molecular weight excluding hydrogens is 246 g/mol. The molecule has 0 aliphatic rings. The maximum absolute atomic E-state index is 5.93. The van der Waals surface area contributed by atoms with E-state index in [2.05, 4.69) is 53.3 Å². The molecule has 0 spiro atoms. The highest BCUT2D eigenvalue weighted by atomic mass is 14.9. The summed E-state index contributed by atoms with van der Waals surface area (Å²) >= 11 is 0. The Morgan fingerprint density at radius 3 is 2.45 bits per heavy atom. The number of nitrogens with two attached hydrogens (primary N) is 1. The summed E-state index contributed by atoms with van der Waals surface area (Å²) in [5.74, 6) is 0.823. The van der Waals surface area contributed by atoms with Crippen molar-refractivity contribution in [1.82, 2.24) is 9.97 Å². The molecule has 0 radical (unpaired) electrons. The minimum Gasteiger partial charge on any atom is -0.329 e. The van der Waals surface area contributed by atoms with Crippen LogP contribution in [0.5, 0.6) is 0 Å². The van der Waals surface area contributed by atoms with Gasteiger partial charge in [0.2, 0.25) is 0 Å². The molecule has 0 saturated carbocycles. The monoisotopic (exact) mass is 263 g/mol. The number of fused-ring (bicyclic) bond motifs is 1. The zero-order chi connectivity index (χ0) is 13.9. The van der Waals surface area contributed by atoms with Crippen molar-refractivity contribution in [2.45, 2.75) is 12.8 Å². The van der Waals surface area contributed by atoms with E-state index >= 15 is 0 Å². The van der Waals surface area contributed by atoms with Gasteiger partial charge in [0, 0.05) is 18.9 Å². The SMILES string of the molecule is Cc1ccc2cc(C(CN)c3ncccn3)ccc2c1. The molecule has 0 aliphatic heterocycles. The number of hydrogen-bond donors (Lipinski definition) is 1. The summed E-state index contributed by atoms with van der Waals surface area (Å²) in [6.45, 7) is 2.61. The molecule has 0 fully saturated rings. The molecule has 0 saturated heterocycles. The van der Waals surface area contributed by atoms with Crippen LogP contribution < -0.4 is 5.73 Å². The van der Waals surface area contributed by atoms with Crippen molar-refractivity contribution in [3.8, 4) is 0 Å². The van der Waals surface area contributed by atoms with E-state index < -0.39 is 0 Å². The van der Waals surface area contributed by atoms with Gasteiger partial charge in [0.15, 0.2) is 0 Å². The van der Waals surface area contributed by atoms with E-state index in [0.717, 1.165) is 11.4 Å². The topological polar surface area (TPSA) is 51.8 Å². The van der Waals surface area contributed by atoms with Crippen LogP contribution in [0.3, 0.4) is 0 Å². The first-order chi connectivity index (χ1) is 9.78. The molecule has 2 N–H and O–H groups in total. The molecule has 3 rings (SSSR count). The van der Waals surface area contributed by atoms with Gasteiger partial charge < -0.3 is 5.73 Å². The van der Waals surface area contributed by atoms with Crippen LogP contribution in [0, 0.1) is 6.92 Å². The lowest BCUT2D eigenvalue weighted by Crippen LogP contribution is -2.16. The fourth-order valence-electron chi connectivity index (χ4n) is 2.48. The van der Waals surface area contributed by atoms with Gasteiger partial charge in [0.05, 0.1) is 5.92 Å². The van der Waals surface area contributed by atoms with Crippen molar-refractivity contribution in [2.24, 2.45) is 5.73 Å². The Labute approximate surface area is 118 Å². The van der Waals surface area contributed by atoms with Crippen molar-refractivity contribution in [1.29, 1.82) is 0 Å². The van der Waals surface area contributed by atoms with E-state index in [9.17, 15) is 0 Å². The second-order valence-corrected chi connectivity index (χ2v) is 5.01. The van der Waals surface area contributed by atoms with E-state index in [1.165, 1.54) is 16.3 Å². The number of hydrogen-bond acceptors (Lipinski definition) is 3. The third kappa shape index (κ3) is 2.40. The highest BCUT2D eigenvalue weighted by Gasteiger charge is 2.15. The van der Waals surface area contributed by atoms with E-state index in [4.69, 9.17) is 5.73 Å². The Balaban J connectivity index is 2.06. The van der Waals surface area contributed by atoms with E-state index in [-0.39, 0.29) is 5.92 Å². The first kappa shape index (κ1) is 12.8. The molecule has 0 aliphatic carbocycles. The van der Waals surface area contributed by atoms with Crippen LogP contribution >= 0.6 is 0 Å². The number of benzene rings is 2. The van der Waals surface area contributed by atoms with Gasteiger partial charge in [-0.2, -0.15) is 0 Å². The van der Waals surface area contributed by atoms with E-state index in [1.54, 1.807) is 12.4 Å². The predicted molar refractivity (Wildman–Crippen MR) is 81.6 cm³/mol. The molecule has 100 valence electrons. The van der Waals surface area contributed by atoms with Crippen LogP contribution in [0.15, 0.2) is 54.9 Å². The molecule has 0 amide bonds. The normalized spacial score (nSPS) is 12.5. The highest BCUT2D eigenvalue weighted by Crippen LogP contribution is 2.25. The van der Waals surface area contributed by atoms with Crippen molar-refractivity contribution < 1.29 is 0 Å². The second-order valence-electron chi connectivity index (χ2n) is 5.01. The summed E-state index contributed by atoms with van der Waals surface area (Å²) < 4.78 is 0. The Morgan fingerprint density at radius 2 is 1.70 bits per heavy atom. The number of aryl methyl sites for hydroxylation is 1. The van der Waals surface area contributed by atoms with Crippen LogP contribution in [0.1, 0.15) is 22.9 Å². The van der Waals surface area contributed by atoms with Crippen LogP contribution in [0.25, 0.3) is 10.8 Å². The summed E-state index contributed by atoms with van der Waals surface area (Å²) in [6.07, 6.45) is 3.52. The molecule has 0 bridgehead atoms. The van der Waals surface area contributed by atoms with Crippen LogP contribution in [-0.4, -0.2) is 16.5 Å². The Kier molecular flexibility index (Phi) is 3.44. The lowest BCUT2D eigenvalue weighted by atomic mass is 9.95. The lowest BCUT2D eigenvalue weighted by Gasteiger charge is -2.14. The summed E-state index contributed by atoms with van der Waals surface area (Å²) in [5, 5.41) is 2.47. The van der Waals surface area contributed by atoms with Crippen LogP contribution in [0.2, 0.25) is 0 Å². The minimum atomic E-state index is 0.0434. The molecule has 1 atom stereocenters. The Bertz CT molecular complexity index is 723. The Morgan fingerprint density at radius 1 is 1.00 bits per heavy atom. The van der Waals surface area contributed by atoms with Gasteiger partial charge >= 0.3 is 0 Å². The van der Waals surface area contributed by atoms with Gasteiger partial charge in [-0.3, -0.25) is 0 Å². The zero-order valence-electron chi connectivity index (χ0n) is 11.5. The summed E-state index contributed by atoms with van der Waals surface area (Å²) in [4.78, 5) is 8.66. The van der Waals surface area contributed by atoms with E-state index in [0.29, 0.717) is 6.54 Å². The third-order valence-corrected chi connectivity index (χ3v) is 3.56. The van der Waals surface area contributed by atoms with Gasteiger partial charge in [-0.25, -0.2) is 9.97 Å².